The number of hydrogen-bond donors (Lipinski definition) is 3. The third-order valence-electron chi connectivity index (χ3n) is 2.34. The molecular weight excluding hydrogens is 326 g/mol. The molecule has 0 saturated heterocycles. The van der Waals surface area contributed by atoms with E-state index in [0.29, 0.717) is 9.47 Å². The van der Waals surface area contributed by atoms with Crippen molar-refractivity contribution >= 4 is 45.9 Å². The lowest BCUT2D eigenvalue weighted by Crippen LogP contribution is -2.36. The van der Waals surface area contributed by atoms with Gasteiger partial charge in [0.1, 0.15) is 5.75 Å². The summed E-state index contributed by atoms with van der Waals surface area (Å²) in [7, 11) is 1.60. The summed E-state index contributed by atoms with van der Waals surface area (Å²) in [5.74, 6) is 0.331. The third kappa shape index (κ3) is 4.90. The number of imide groups is 1. The van der Waals surface area contributed by atoms with Crippen LogP contribution in [0.1, 0.15) is 0 Å². The van der Waals surface area contributed by atoms with Crippen LogP contribution in [0.5, 0.6) is 5.75 Å². The number of carbonyl (C=O) groups is 2. The van der Waals surface area contributed by atoms with Crippen LogP contribution in [0, 0.1) is 0 Å². The lowest BCUT2D eigenvalue weighted by Gasteiger charge is -2.03. The first kappa shape index (κ1) is 16.0. The van der Waals surface area contributed by atoms with E-state index in [4.69, 9.17) is 10.5 Å². The van der Waals surface area contributed by atoms with Crippen LogP contribution in [-0.2, 0) is 4.79 Å². The number of rotatable bonds is 6. The first-order valence-corrected chi connectivity index (χ1v) is 7.83. The minimum atomic E-state index is -0.871. The van der Waals surface area contributed by atoms with E-state index < -0.39 is 11.9 Å². The fourth-order valence-corrected chi connectivity index (χ4v) is 2.99. The van der Waals surface area contributed by atoms with Gasteiger partial charge in [0.05, 0.1) is 12.9 Å². The third-order valence-corrected chi connectivity index (χ3v) is 4.31. The molecule has 10 heteroatoms. The first-order chi connectivity index (χ1) is 10.6. The molecule has 0 fully saturated rings. The largest absolute Gasteiger partial charge is 0.497 e. The van der Waals surface area contributed by atoms with Gasteiger partial charge in [0.25, 0.3) is 0 Å². The number of thioether (sulfide) groups is 1. The molecule has 8 nitrogen and oxygen atoms in total. The zero-order valence-electron chi connectivity index (χ0n) is 11.5. The molecule has 0 unspecified atom stereocenters. The van der Waals surface area contributed by atoms with E-state index >= 15 is 0 Å². The van der Waals surface area contributed by atoms with Crippen molar-refractivity contribution in [3.8, 4) is 5.75 Å². The molecule has 0 atom stereocenters. The lowest BCUT2D eigenvalue weighted by molar-refractivity contribution is -0.117. The van der Waals surface area contributed by atoms with E-state index in [2.05, 4.69) is 15.5 Å². The summed E-state index contributed by atoms with van der Waals surface area (Å²) in [5, 5.41) is 13.6. The number of benzene rings is 1. The highest BCUT2D eigenvalue weighted by Crippen LogP contribution is 2.28. The van der Waals surface area contributed by atoms with Gasteiger partial charge in [-0.05, 0) is 24.3 Å². The van der Waals surface area contributed by atoms with Crippen LogP contribution in [0.2, 0.25) is 0 Å². The molecule has 0 aliphatic carbocycles. The summed E-state index contributed by atoms with van der Waals surface area (Å²) in [6, 6.07) is 6.49. The number of anilines is 2. The molecule has 4 N–H and O–H groups in total. The van der Waals surface area contributed by atoms with Crippen molar-refractivity contribution in [2.45, 2.75) is 4.34 Å². The average molecular weight is 339 g/mol. The molecule has 1 aromatic heterocycles. The van der Waals surface area contributed by atoms with Gasteiger partial charge in [0, 0.05) is 5.69 Å². The SMILES string of the molecule is COc1ccc(Nc2nnc(SCC(=O)NC(N)=O)s2)cc1. The smallest absolute Gasteiger partial charge is 0.318 e. The number of primary amides is 1. The summed E-state index contributed by atoms with van der Waals surface area (Å²) in [4.78, 5) is 21.8. The Morgan fingerprint density at radius 1 is 1.32 bits per heavy atom. The van der Waals surface area contributed by atoms with E-state index in [1.807, 2.05) is 29.6 Å². The molecule has 116 valence electrons. The van der Waals surface area contributed by atoms with Crippen molar-refractivity contribution in [1.29, 1.82) is 0 Å². The Kier molecular flexibility index (Phi) is 5.55. The van der Waals surface area contributed by atoms with Crippen molar-refractivity contribution in [3.05, 3.63) is 24.3 Å². The van der Waals surface area contributed by atoms with Gasteiger partial charge in [-0.1, -0.05) is 23.1 Å². The molecule has 0 radical (unpaired) electrons. The fourth-order valence-electron chi connectivity index (χ4n) is 1.42. The van der Waals surface area contributed by atoms with Gasteiger partial charge in [0.15, 0.2) is 4.34 Å². The molecular formula is C12H13N5O3S2. The molecule has 3 amide bonds. The minimum Gasteiger partial charge on any atom is -0.497 e. The molecule has 2 rings (SSSR count). The fraction of sp³-hybridized carbons (Fsp3) is 0.167. The number of carbonyl (C=O) groups excluding carboxylic acids is 2. The van der Waals surface area contributed by atoms with Crippen molar-refractivity contribution in [3.63, 3.8) is 0 Å². The quantitative estimate of drug-likeness (QED) is 0.683. The van der Waals surface area contributed by atoms with Gasteiger partial charge in [-0.2, -0.15) is 0 Å². The summed E-state index contributed by atoms with van der Waals surface area (Å²) in [6.45, 7) is 0. The Balaban J connectivity index is 1.88. The normalized spacial score (nSPS) is 10.0. The van der Waals surface area contributed by atoms with Crippen LogP contribution >= 0.6 is 23.1 Å². The first-order valence-electron chi connectivity index (χ1n) is 6.03. The van der Waals surface area contributed by atoms with Crippen molar-refractivity contribution in [2.24, 2.45) is 5.73 Å². The van der Waals surface area contributed by atoms with Crippen LogP contribution in [0.25, 0.3) is 0 Å². The number of ether oxygens (including phenoxy) is 1. The van der Waals surface area contributed by atoms with Crippen LogP contribution in [0.4, 0.5) is 15.6 Å². The molecule has 0 saturated carbocycles. The van der Waals surface area contributed by atoms with Gasteiger partial charge in [-0.25, -0.2) is 4.79 Å². The molecule has 2 aromatic rings. The monoisotopic (exact) mass is 339 g/mol. The predicted octanol–water partition coefficient (Wildman–Crippen LogP) is 1.58. The van der Waals surface area contributed by atoms with Crippen molar-refractivity contribution < 1.29 is 14.3 Å². The maximum absolute atomic E-state index is 11.3. The number of nitrogens with two attached hydrogens (primary N) is 1. The number of methoxy groups -OCH3 is 1. The van der Waals surface area contributed by atoms with E-state index in [0.717, 1.165) is 11.4 Å². The summed E-state index contributed by atoms with van der Waals surface area (Å²) < 4.78 is 5.69. The van der Waals surface area contributed by atoms with Gasteiger partial charge in [-0.3, -0.25) is 10.1 Å². The summed E-state index contributed by atoms with van der Waals surface area (Å²) in [6.07, 6.45) is 0. The van der Waals surface area contributed by atoms with Crippen molar-refractivity contribution in [1.82, 2.24) is 15.5 Å². The van der Waals surface area contributed by atoms with E-state index in [-0.39, 0.29) is 5.75 Å². The average Bonchev–Trinajstić information content (AvgIpc) is 2.93. The van der Waals surface area contributed by atoms with E-state index in [9.17, 15) is 9.59 Å². The van der Waals surface area contributed by atoms with Gasteiger partial charge < -0.3 is 15.8 Å². The van der Waals surface area contributed by atoms with Crippen LogP contribution < -0.4 is 21.1 Å². The second kappa shape index (κ2) is 7.61. The Morgan fingerprint density at radius 2 is 2.05 bits per heavy atom. The second-order valence-electron chi connectivity index (χ2n) is 3.93. The topological polar surface area (TPSA) is 119 Å². The number of aromatic nitrogens is 2. The van der Waals surface area contributed by atoms with Crippen LogP contribution in [-0.4, -0.2) is 35.0 Å². The van der Waals surface area contributed by atoms with Gasteiger partial charge >= 0.3 is 6.03 Å². The Morgan fingerprint density at radius 3 is 2.68 bits per heavy atom. The molecule has 0 aliphatic heterocycles. The zero-order chi connectivity index (χ0) is 15.9. The highest BCUT2D eigenvalue weighted by Gasteiger charge is 2.09. The minimum absolute atomic E-state index is 0.0418. The molecule has 1 heterocycles. The summed E-state index contributed by atoms with van der Waals surface area (Å²) in [5.41, 5.74) is 5.70. The standard InChI is InChI=1S/C12H13N5O3S2/c1-20-8-4-2-7(3-5-8)14-11-16-17-12(22-11)21-6-9(18)15-10(13)19/h2-5H,6H2,1H3,(H,14,16)(H3,13,15,18,19). The number of nitrogens with zero attached hydrogens (tertiary/aromatic N) is 2. The molecule has 1 aromatic carbocycles. The number of hydrogen-bond acceptors (Lipinski definition) is 8. The van der Waals surface area contributed by atoms with E-state index in [1.165, 1.54) is 23.1 Å². The lowest BCUT2D eigenvalue weighted by atomic mass is 10.3. The van der Waals surface area contributed by atoms with Crippen molar-refractivity contribution in [2.75, 3.05) is 18.2 Å². The van der Waals surface area contributed by atoms with Gasteiger partial charge in [-0.15, -0.1) is 10.2 Å². The molecule has 0 bridgehead atoms. The molecule has 22 heavy (non-hydrogen) atoms. The predicted molar refractivity (Wildman–Crippen MR) is 84.6 cm³/mol. The summed E-state index contributed by atoms with van der Waals surface area (Å²) >= 11 is 2.47. The highest BCUT2D eigenvalue weighted by atomic mass is 32.2. The van der Waals surface area contributed by atoms with Gasteiger partial charge in [0.2, 0.25) is 11.0 Å². The van der Waals surface area contributed by atoms with E-state index in [1.54, 1.807) is 7.11 Å². The molecule has 0 spiro atoms. The maximum Gasteiger partial charge on any atom is 0.318 e. The Hall–Kier alpha value is -2.33. The zero-order valence-corrected chi connectivity index (χ0v) is 13.2. The second-order valence-corrected chi connectivity index (χ2v) is 6.13. The highest BCUT2D eigenvalue weighted by molar-refractivity contribution is 8.01. The number of urea groups is 1. The van der Waals surface area contributed by atoms with Crippen LogP contribution in [0.3, 0.4) is 0 Å². The van der Waals surface area contributed by atoms with Crippen LogP contribution in [0.15, 0.2) is 28.6 Å². The number of nitrogens with one attached hydrogen (secondary N) is 2. The molecule has 0 aliphatic rings. The maximum atomic E-state index is 11.3. The Labute approximate surface area is 134 Å². The Bertz CT molecular complexity index is 659. The number of amides is 3.